The van der Waals surface area contributed by atoms with Crippen molar-refractivity contribution in [2.24, 2.45) is 23.7 Å². The van der Waals surface area contributed by atoms with Crippen LogP contribution < -0.4 is 0 Å². The molecule has 166 valence electrons. The van der Waals surface area contributed by atoms with Crippen LogP contribution in [0.5, 0.6) is 0 Å². The van der Waals surface area contributed by atoms with Crippen LogP contribution in [0.2, 0.25) is 0 Å². The maximum absolute atomic E-state index is 12.8. The van der Waals surface area contributed by atoms with Gasteiger partial charge in [-0.2, -0.15) is 0 Å². The normalized spacial score (nSPS) is 24.6. The Morgan fingerprint density at radius 1 is 0.625 bits per heavy atom. The molecular weight excluding hydrogens is 400 g/mol. The molecule has 2 aromatic carbocycles. The van der Waals surface area contributed by atoms with Crippen LogP contribution in [0, 0.1) is 23.7 Å². The van der Waals surface area contributed by atoms with Gasteiger partial charge in [0.15, 0.2) is 0 Å². The van der Waals surface area contributed by atoms with Gasteiger partial charge < -0.3 is 9.59 Å². The molecule has 0 radical (unpaired) electrons. The minimum atomic E-state index is -0.666. The van der Waals surface area contributed by atoms with E-state index in [9.17, 15) is 19.2 Å². The monoisotopic (exact) mass is 430 g/mol. The van der Waals surface area contributed by atoms with Crippen LogP contribution in [0.4, 0.5) is 0 Å². The molecule has 2 aliphatic rings. The lowest BCUT2D eigenvalue weighted by Gasteiger charge is -2.37. The molecule has 0 bridgehead atoms. The Bertz CT molecular complexity index is 872. The fraction of sp³-hybridized carbons (Fsp3) is 0.429. The zero-order valence-electron chi connectivity index (χ0n) is 18.3. The summed E-state index contributed by atoms with van der Waals surface area (Å²) in [6, 6.07) is 19.3. The lowest BCUT2D eigenvalue weighted by atomic mass is 9.64. The standard InChI is InChI=1S/C28H30O4/c29-17-23(27(19-9-3-1-4-10-19)21-13-7-15-25(21)31)24(18-30)28(20-11-5-2-6-12-20)22-14-8-16-26(22)32/h1-6,9-12,17-18,21-24,27-28H,7-8,13-16H2. The smallest absolute Gasteiger partial charge is 0.136 e. The SMILES string of the molecule is O=CC(C(C=O)C(c1ccccc1)C1CCCC1=O)C(c1ccccc1)C1CCCC1=O. The second-order valence-electron chi connectivity index (χ2n) is 9.23. The summed E-state index contributed by atoms with van der Waals surface area (Å²) in [6.45, 7) is 0. The molecule has 0 aliphatic heterocycles. The molecule has 4 rings (SSSR count). The Balaban J connectivity index is 1.80. The van der Waals surface area contributed by atoms with Crippen molar-refractivity contribution in [2.75, 3.05) is 0 Å². The number of hydrogen-bond donors (Lipinski definition) is 0. The van der Waals surface area contributed by atoms with Gasteiger partial charge >= 0.3 is 0 Å². The zero-order chi connectivity index (χ0) is 22.5. The number of carbonyl (C=O) groups is 4. The van der Waals surface area contributed by atoms with Crippen LogP contribution in [-0.2, 0) is 19.2 Å². The second-order valence-corrected chi connectivity index (χ2v) is 9.23. The number of benzene rings is 2. The highest BCUT2D eigenvalue weighted by molar-refractivity contribution is 5.86. The summed E-state index contributed by atoms with van der Waals surface area (Å²) in [4.78, 5) is 50.9. The van der Waals surface area contributed by atoms with E-state index < -0.39 is 11.8 Å². The summed E-state index contributed by atoms with van der Waals surface area (Å²) < 4.78 is 0. The van der Waals surface area contributed by atoms with Crippen molar-refractivity contribution in [3.63, 3.8) is 0 Å². The summed E-state index contributed by atoms with van der Waals surface area (Å²) in [5.74, 6) is -2.26. The summed E-state index contributed by atoms with van der Waals surface area (Å²) in [7, 11) is 0. The van der Waals surface area contributed by atoms with Gasteiger partial charge in [0.1, 0.15) is 24.1 Å². The second kappa shape index (κ2) is 10.2. The summed E-state index contributed by atoms with van der Waals surface area (Å²) >= 11 is 0. The lowest BCUT2D eigenvalue weighted by Crippen LogP contribution is -2.37. The number of hydrogen-bond acceptors (Lipinski definition) is 4. The molecule has 4 nitrogen and oxygen atoms in total. The molecule has 4 heteroatoms. The van der Waals surface area contributed by atoms with E-state index in [1.165, 1.54) is 0 Å². The van der Waals surface area contributed by atoms with Crippen LogP contribution in [0.15, 0.2) is 60.7 Å². The van der Waals surface area contributed by atoms with Crippen molar-refractivity contribution in [3.8, 4) is 0 Å². The first-order valence-electron chi connectivity index (χ1n) is 11.7. The minimum absolute atomic E-state index is 0.170. The number of Topliss-reactive ketones (excluding diaryl/α,β-unsaturated/α-hetero) is 2. The summed E-state index contributed by atoms with van der Waals surface area (Å²) in [5, 5.41) is 0. The molecule has 2 aromatic rings. The van der Waals surface area contributed by atoms with Crippen LogP contribution in [0.1, 0.15) is 61.5 Å². The van der Waals surface area contributed by atoms with Crippen molar-refractivity contribution >= 4 is 24.1 Å². The third kappa shape index (κ3) is 4.36. The van der Waals surface area contributed by atoms with Gasteiger partial charge in [0.2, 0.25) is 0 Å². The van der Waals surface area contributed by atoms with Gasteiger partial charge in [0.25, 0.3) is 0 Å². The number of aldehydes is 2. The van der Waals surface area contributed by atoms with Crippen LogP contribution in [-0.4, -0.2) is 24.1 Å². The molecule has 2 fully saturated rings. The number of carbonyl (C=O) groups excluding carboxylic acids is 4. The quantitative estimate of drug-likeness (QED) is 0.530. The number of ketones is 2. The average Bonchev–Trinajstić information content (AvgIpc) is 3.45. The van der Waals surface area contributed by atoms with Gasteiger partial charge in [0, 0.05) is 48.3 Å². The van der Waals surface area contributed by atoms with E-state index in [2.05, 4.69) is 0 Å². The van der Waals surface area contributed by atoms with E-state index in [0.29, 0.717) is 12.8 Å². The van der Waals surface area contributed by atoms with Gasteiger partial charge in [0.05, 0.1) is 0 Å². The van der Waals surface area contributed by atoms with E-state index in [-0.39, 0.29) is 35.2 Å². The topological polar surface area (TPSA) is 68.3 Å². The highest BCUT2D eigenvalue weighted by atomic mass is 16.1. The fourth-order valence-corrected chi connectivity index (χ4v) is 6.07. The van der Waals surface area contributed by atoms with E-state index in [0.717, 1.165) is 49.4 Å². The number of rotatable bonds is 9. The molecular formula is C28H30O4. The molecule has 32 heavy (non-hydrogen) atoms. The van der Waals surface area contributed by atoms with E-state index in [4.69, 9.17) is 0 Å². The van der Waals surface area contributed by atoms with Gasteiger partial charge in [-0.15, -0.1) is 0 Å². The van der Waals surface area contributed by atoms with Gasteiger partial charge in [-0.3, -0.25) is 9.59 Å². The molecule has 0 amide bonds. The first-order chi connectivity index (χ1) is 15.7. The summed E-state index contributed by atoms with van der Waals surface area (Å²) in [5.41, 5.74) is 1.84. The van der Waals surface area contributed by atoms with Crippen molar-refractivity contribution in [1.29, 1.82) is 0 Å². The lowest BCUT2D eigenvalue weighted by molar-refractivity contribution is -0.128. The Morgan fingerprint density at radius 3 is 1.28 bits per heavy atom. The van der Waals surface area contributed by atoms with E-state index in [1.54, 1.807) is 0 Å². The predicted octanol–water partition coefficient (Wildman–Crippen LogP) is 4.92. The van der Waals surface area contributed by atoms with E-state index in [1.807, 2.05) is 60.7 Å². The van der Waals surface area contributed by atoms with Crippen LogP contribution >= 0.6 is 0 Å². The molecule has 2 saturated carbocycles. The van der Waals surface area contributed by atoms with E-state index >= 15 is 0 Å². The molecule has 0 saturated heterocycles. The van der Waals surface area contributed by atoms with Crippen LogP contribution in [0.25, 0.3) is 0 Å². The third-order valence-electron chi connectivity index (χ3n) is 7.53. The Hall–Kier alpha value is -2.88. The first-order valence-corrected chi connectivity index (χ1v) is 11.7. The molecule has 0 spiro atoms. The molecule has 0 N–H and O–H groups in total. The molecule has 6 unspecified atom stereocenters. The zero-order valence-corrected chi connectivity index (χ0v) is 18.3. The highest BCUT2D eigenvalue weighted by Crippen LogP contribution is 2.48. The Labute approximate surface area is 189 Å². The largest absolute Gasteiger partial charge is 0.303 e. The minimum Gasteiger partial charge on any atom is -0.303 e. The van der Waals surface area contributed by atoms with Gasteiger partial charge in [-0.25, -0.2) is 0 Å². The average molecular weight is 431 g/mol. The van der Waals surface area contributed by atoms with Crippen molar-refractivity contribution < 1.29 is 19.2 Å². The maximum Gasteiger partial charge on any atom is 0.136 e. The Morgan fingerprint density at radius 2 is 1.00 bits per heavy atom. The van der Waals surface area contributed by atoms with Crippen molar-refractivity contribution in [3.05, 3.63) is 71.8 Å². The van der Waals surface area contributed by atoms with Gasteiger partial charge in [-0.1, -0.05) is 60.7 Å². The van der Waals surface area contributed by atoms with Crippen molar-refractivity contribution in [1.82, 2.24) is 0 Å². The highest BCUT2D eigenvalue weighted by Gasteiger charge is 2.46. The Kier molecular flexibility index (Phi) is 7.09. The molecule has 6 atom stereocenters. The van der Waals surface area contributed by atoms with Gasteiger partial charge in [-0.05, 0) is 36.8 Å². The molecule has 0 aromatic heterocycles. The van der Waals surface area contributed by atoms with Crippen molar-refractivity contribution in [2.45, 2.75) is 50.4 Å². The first kappa shape index (κ1) is 22.3. The molecule has 0 heterocycles. The summed E-state index contributed by atoms with van der Waals surface area (Å²) in [6.07, 6.45) is 5.87. The van der Waals surface area contributed by atoms with Crippen LogP contribution in [0.3, 0.4) is 0 Å². The third-order valence-corrected chi connectivity index (χ3v) is 7.53. The maximum atomic E-state index is 12.8. The predicted molar refractivity (Wildman–Crippen MR) is 122 cm³/mol. The fourth-order valence-electron chi connectivity index (χ4n) is 6.07. The molecule has 2 aliphatic carbocycles.